The topological polar surface area (TPSA) is 70.6 Å². The first-order valence-corrected chi connectivity index (χ1v) is 9.18. The van der Waals surface area contributed by atoms with Crippen LogP contribution in [-0.4, -0.2) is 46.0 Å². The normalized spacial score (nSPS) is 12.8. The quantitative estimate of drug-likeness (QED) is 0.383. The van der Waals surface area contributed by atoms with Gasteiger partial charge in [-0.15, -0.1) is 0 Å². The third-order valence-corrected chi connectivity index (χ3v) is 4.02. The van der Waals surface area contributed by atoms with Crippen molar-refractivity contribution in [3.63, 3.8) is 0 Å². The second-order valence-corrected chi connectivity index (χ2v) is 7.07. The molecule has 2 N–H and O–H groups in total. The molecule has 6 heteroatoms. The van der Waals surface area contributed by atoms with Crippen molar-refractivity contribution in [2.24, 2.45) is 10.9 Å². The SMILES string of the molecule is CCNC(=NCC(CC)CC)NCCCS(C)(=O)=O. The molecule has 0 aliphatic heterocycles. The van der Waals surface area contributed by atoms with Crippen molar-refractivity contribution in [1.82, 2.24) is 10.6 Å². The second-order valence-electron chi connectivity index (χ2n) is 4.81. The Morgan fingerprint density at radius 3 is 2.26 bits per heavy atom. The van der Waals surface area contributed by atoms with Gasteiger partial charge in [-0.25, -0.2) is 8.42 Å². The molecular weight excluding hydrogens is 262 g/mol. The maximum atomic E-state index is 11.0. The summed E-state index contributed by atoms with van der Waals surface area (Å²) in [5.41, 5.74) is 0. The first-order chi connectivity index (χ1) is 8.92. The van der Waals surface area contributed by atoms with E-state index in [0.29, 0.717) is 18.9 Å². The molecule has 114 valence electrons. The van der Waals surface area contributed by atoms with Gasteiger partial charge in [0.25, 0.3) is 0 Å². The van der Waals surface area contributed by atoms with Crippen LogP contribution in [0.25, 0.3) is 0 Å². The lowest BCUT2D eigenvalue weighted by Crippen LogP contribution is -2.38. The molecule has 0 aliphatic rings. The Bertz CT molecular complexity index is 349. The summed E-state index contributed by atoms with van der Waals surface area (Å²) in [6.07, 6.45) is 4.13. The molecule has 0 amide bonds. The van der Waals surface area contributed by atoms with E-state index >= 15 is 0 Å². The Labute approximate surface area is 118 Å². The number of guanidine groups is 1. The number of nitrogens with one attached hydrogen (secondary N) is 2. The van der Waals surface area contributed by atoms with Gasteiger partial charge >= 0.3 is 0 Å². The minimum absolute atomic E-state index is 0.214. The fraction of sp³-hybridized carbons (Fsp3) is 0.923. The summed E-state index contributed by atoms with van der Waals surface area (Å²) in [6, 6.07) is 0. The van der Waals surface area contributed by atoms with Crippen LogP contribution in [0.4, 0.5) is 0 Å². The van der Waals surface area contributed by atoms with Gasteiger partial charge in [-0.05, 0) is 19.3 Å². The predicted octanol–water partition coefficient (Wildman–Crippen LogP) is 1.41. The average Bonchev–Trinajstić information content (AvgIpc) is 2.34. The standard InChI is InChI=1S/C13H29N3O2S/c1-5-12(6-2)11-16-13(14-7-3)15-9-8-10-19(4,17)18/h12H,5-11H2,1-4H3,(H2,14,15,16). The summed E-state index contributed by atoms with van der Waals surface area (Å²) < 4.78 is 22.0. The van der Waals surface area contributed by atoms with Gasteiger partial charge in [0.1, 0.15) is 9.84 Å². The Morgan fingerprint density at radius 1 is 1.16 bits per heavy atom. The summed E-state index contributed by atoms with van der Waals surface area (Å²) in [4.78, 5) is 4.53. The van der Waals surface area contributed by atoms with E-state index in [4.69, 9.17) is 0 Å². The zero-order chi connectivity index (χ0) is 14.7. The van der Waals surface area contributed by atoms with Crippen molar-refractivity contribution in [1.29, 1.82) is 0 Å². The monoisotopic (exact) mass is 291 g/mol. The van der Waals surface area contributed by atoms with E-state index in [9.17, 15) is 8.42 Å². The molecule has 0 aromatic heterocycles. The minimum atomic E-state index is -2.87. The average molecular weight is 291 g/mol. The lowest BCUT2D eigenvalue weighted by atomic mass is 10.0. The molecule has 5 nitrogen and oxygen atoms in total. The molecule has 0 bridgehead atoms. The van der Waals surface area contributed by atoms with Gasteiger partial charge in [-0.1, -0.05) is 26.7 Å². The molecule has 0 rings (SSSR count). The van der Waals surface area contributed by atoms with Crippen LogP contribution in [0.2, 0.25) is 0 Å². The fourth-order valence-electron chi connectivity index (χ4n) is 1.65. The first kappa shape index (κ1) is 18.2. The van der Waals surface area contributed by atoms with Crippen LogP contribution in [0.5, 0.6) is 0 Å². The number of hydrogen-bond donors (Lipinski definition) is 2. The van der Waals surface area contributed by atoms with E-state index in [-0.39, 0.29) is 5.75 Å². The molecule has 0 atom stereocenters. The predicted molar refractivity (Wildman–Crippen MR) is 82.4 cm³/mol. The highest BCUT2D eigenvalue weighted by atomic mass is 32.2. The number of rotatable bonds is 9. The Morgan fingerprint density at radius 2 is 1.79 bits per heavy atom. The molecule has 0 fully saturated rings. The third-order valence-electron chi connectivity index (χ3n) is 2.99. The molecule has 0 aromatic rings. The minimum Gasteiger partial charge on any atom is -0.357 e. The number of sulfone groups is 1. The molecule has 0 saturated heterocycles. The Balaban J connectivity index is 4.14. The molecule has 0 saturated carbocycles. The zero-order valence-corrected chi connectivity index (χ0v) is 13.5. The van der Waals surface area contributed by atoms with Crippen molar-refractivity contribution in [3.8, 4) is 0 Å². The van der Waals surface area contributed by atoms with Gasteiger partial charge in [0, 0.05) is 25.9 Å². The fourth-order valence-corrected chi connectivity index (χ4v) is 2.32. The molecule has 19 heavy (non-hydrogen) atoms. The molecular formula is C13H29N3O2S. The van der Waals surface area contributed by atoms with Gasteiger partial charge < -0.3 is 10.6 Å². The molecule has 0 unspecified atom stereocenters. The lowest BCUT2D eigenvalue weighted by molar-refractivity contribution is 0.504. The molecule has 0 aliphatic carbocycles. The summed E-state index contributed by atoms with van der Waals surface area (Å²) in [7, 11) is -2.87. The summed E-state index contributed by atoms with van der Waals surface area (Å²) in [6.45, 7) is 8.62. The van der Waals surface area contributed by atoms with Crippen molar-refractivity contribution >= 4 is 15.8 Å². The smallest absolute Gasteiger partial charge is 0.191 e. The zero-order valence-electron chi connectivity index (χ0n) is 12.7. The maximum Gasteiger partial charge on any atom is 0.191 e. The van der Waals surface area contributed by atoms with E-state index in [1.54, 1.807) is 0 Å². The summed E-state index contributed by atoms with van der Waals surface area (Å²) in [5.74, 6) is 1.61. The number of hydrogen-bond acceptors (Lipinski definition) is 3. The van der Waals surface area contributed by atoms with E-state index < -0.39 is 9.84 Å². The van der Waals surface area contributed by atoms with Crippen LogP contribution in [0.15, 0.2) is 4.99 Å². The van der Waals surface area contributed by atoms with Crippen LogP contribution in [0.3, 0.4) is 0 Å². The summed E-state index contributed by atoms with van der Waals surface area (Å²) in [5, 5.41) is 6.34. The van der Waals surface area contributed by atoms with E-state index in [2.05, 4.69) is 29.5 Å². The van der Waals surface area contributed by atoms with Crippen LogP contribution < -0.4 is 10.6 Å². The highest BCUT2D eigenvalue weighted by Crippen LogP contribution is 2.06. The van der Waals surface area contributed by atoms with E-state index in [1.165, 1.54) is 6.26 Å². The van der Waals surface area contributed by atoms with Crippen LogP contribution in [-0.2, 0) is 9.84 Å². The third kappa shape index (κ3) is 10.8. The van der Waals surface area contributed by atoms with Gasteiger partial charge in [0.15, 0.2) is 5.96 Å². The van der Waals surface area contributed by atoms with Gasteiger partial charge in [0.2, 0.25) is 0 Å². The van der Waals surface area contributed by atoms with Gasteiger partial charge in [-0.3, -0.25) is 4.99 Å². The van der Waals surface area contributed by atoms with Crippen molar-refractivity contribution in [3.05, 3.63) is 0 Å². The van der Waals surface area contributed by atoms with Crippen LogP contribution in [0.1, 0.15) is 40.0 Å². The Hall–Kier alpha value is -0.780. The van der Waals surface area contributed by atoms with Crippen LogP contribution >= 0.6 is 0 Å². The van der Waals surface area contributed by atoms with E-state index in [0.717, 1.165) is 31.9 Å². The summed E-state index contributed by atoms with van der Waals surface area (Å²) >= 11 is 0. The van der Waals surface area contributed by atoms with E-state index in [1.807, 2.05) is 6.92 Å². The number of nitrogens with zero attached hydrogens (tertiary/aromatic N) is 1. The maximum absolute atomic E-state index is 11.0. The van der Waals surface area contributed by atoms with Gasteiger partial charge in [0.05, 0.1) is 5.75 Å². The van der Waals surface area contributed by atoms with Crippen LogP contribution in [0, 0.1) is 5.92 Å². The molecule has 0 aromatic carbocycles. The number of aliphatic imine (C=N–C) groups is 1. The highest BCUT2D eigenvalue weighted by molar-refractivity contribution is 7.90. The molecule has 0 radical (unpaired) electrons. The first-order valence-electron chi connectivity index (χ1n) is 7.12. The van der Waals surface area contributed by atoms with Gasteiger partial charge in [-0.2, -0.15) is 0 Å². The second kappa shape index (κ2) is 10.1. The molecule has 0 spiro atoms. The largest absolute Gasteiger partial charge is 0.357 e. The van der Waals surface area contributed by atoms with Crippen molar-refractivity contribution in [2.75, 3.05) is 31.6 Å². The highest BCUT2D eigenvalue weighted by Gasteiger charge is 2.04. The van der Waals surface area contributed by atoms with Crippen molar-refractivity contribution in [2.45, 2.75) is 40.0 Å². The van der Waals surface area contributed by atoms with Crippen molar-refractivity contribution < 1.29 is 8.42 Å². The lowest BCUT2D eigenvalue weighted by Gasteiger charge is -2.13. The Kier molecular flexibility index (Phi) is 9.65. The molecule has 0 heterocycles.